The van der Waals surface area contributed by atoms with E-state index in [9.17, 15) is 0 Å². The molecule has 0 aromatic carbocycles. The van der Waals surface area contributed by atoms with Gasteiger partial charge < -0.3 is 14.7 Å². The van der Waals surface area contributed by atoms with Crippen molar-refractivity contribution in [3.63, 3.8) is 0 Å². The number of nitrogens with two attached hydrogens (primary N) is 1. The lowest BCUT2D eigenvalue weighted by Gasteiger charge is -2.34. The maximum absolute atomic E-state index is 5.71. The number of furan rings is 1. The van der Waals surface area contributed by atoms with Gasteiger partial charge in [0, 0.05) is 18.7 Å². The van der Waals surface area contributed by atoms with Gasteiger partial charge >= 0.3 is 0 Å². The molecule has 0 spiro atoms. The highest BCUT2D eigenvalue weighted by Crippen LogP contribution is 2.24. The van der Waals surface area contributed by atoms with E-state index in [2.05, 4.69) is 10.1 Å². The highest BCUT2D eigenvalue weighted by Gasteiger charge is 2.23. The highest BCUT2D eigenvalue weighted by molar-refractivity contribution is 5.49. The summed E-state index contributed by atoms with van der Waals surface area (Å²) in [6.45, 7) is 2.69. The highest BCUT2D eigenvalue weighted by atomic mass is 16.5. The first-order valence-corrected chi connectivity index (χ1v) is 7.30. The van der Waals surface area contributed by atoms with Crippen molar-refractivity contribution in [2.45, 2.75) is 38.3 Å². The van der Waals surface area contributed by atoms with E-state index in [-0.39, 0.29) is 0 Å². The normalized spacial score (nSPS) is 20.4. The van der Waals surface area contributed by atoms with Gasteiger partial charge in [0.25, 0.3) is 0 Å². The molecule has 1 aliphatic heterocycles. The first-order valence-electron chi connectivity index (χ1n) is 7.30. The van der Waals surface area contributed by atoms with Crippen LogP contribution in [0.1, 0.15) is 31.4 Å². The van der Waals surface area contributed by atoms with Crippen LogP contribution in [0.15, 0.2) is 33.4 Å². The van der Waals surface area contributed by atoms with Crippen LogP contribution in [0.2, 0.25) is 0 Å². The van der Waals surface area contributed by atoms with Gasteiger partial charge in [0.1, 0.15) is 0 Å². The van der Waals surface area contributed by atoms with E-state index >= 15 is 0 Å². The second kappa shape index (κ2) is 6.24. The number of hydrogen-bond acceptors (Lipinski definition) is 5. The van der Waals surface area contributed by atoms with Crippen LogP contribution < -0.4 is 5.73 Å². The van der Waals surface area contributed by atoms with Gasteiger partial charge in [-0.05, 0) is 44.5 Å². The lowest BCUT2D eigenvalue weighted by atomic mass is 9.99. The molecular formula is C15H21N3O2. The maximum Gasteiger partial charge on any atom is 0.202 e. The minimum Gasteiger partial charge on any atom is -0.461 e. The Labute approximate surface area is 118 Å². The Hall–Kier alpha value is -1.59. The Morgan fingerprint density at radius 3 is 3.10 bits per heavy atom. The fraction of sp³-hybridized carbons (Fsp3) is 0.533. The molecule has 0 saturated carbocycles. The van der Waals surface area contributed by atoms with Gasteiger partial charge in [-0.2, -0.15) is 0 Å². The SMILES string of the molecule is NCCC1CCCCN1Cc1cc(-c2ccco2)on1. The molecular weight excluding hydrogens is 254 g/mol. The minimum absolute atomic E-state index is 0.581. The van der Waals surface area contributed by atoms with Crippen molar-refractivity contribution in [2.75, 3.05) is 13.1 Å². The summed E-state index contributed by atoms with van der Waals surface area (Å²) in [5, 5.41) is 4.15. The smallest absolute Gasteiger partial charge is 0.202 e. The van der Waals surface area contributed by atoms with Crippen LogP contribution >= 0.6 is 0 Å². The van der Waals surface area contributed by atoms with Crippen LogP contribution in [0.4, 0.5) is 0 Å². The molecule has 3 heterocycles. The van der Waals surface area contributed by atoms with Gasteiger partial charge in [-0.25, -0.2) is 0 Å². The molecule has 0 aliphatic carbocycles. The van der Waals surface area contributed by atoms with Crippen LogP contribution in [-0.2, 0) is 6.54 Å². The quantitative estimate of drug-likeness (QED) is 0.908. The molecule has 0 radical (unpaired) electrons. The molecule has 5 nitrogen and oxygen atoms in total. The second-order valence-electron chi connectivity index (χ2n) is 5.36. The Kier molecular flexibility index (Phi) is 4.18. The molecule has 1 unspecified atom stereocenters. The standard InChI is InChI=1S/C15H21N3O2/c16-7-6-13-4-1-2-8-18(13)11-12-10-15(20-17-12)14-5-3-9-19-14/h3,5,9-10,13H,1-2,4,6-8,11,16H2. The topological polar surface area (TPSA) is 68.4 Å². The average molecular weight is 275 g/mol. The predicted molar refractivity (Wildman–Crippen MR) is 75.9 cm³/mol. The first-order chi connectivity index (χ1) is 9.86. The summed E-state index contributed by atoms with van der Waals surface area (Å²) in [5.74, 6) is 1.42. The molecule has 2 aromatic heterocycles. The summed E-state index contributed by atoms with van der Waals surface area (Å²) in [6.07, 6.45) is 6.49. The molecule has 0 amide bonds. The van der Waals surface area contributed by atoms with Crippen LogP contribution in [0.25, 0.3) is 11.5 Å². The van der Waals surface area contributed by atoms with E-state index < -0.39 is 0 Å². The molecule has 1 fully saturated rings. The van der Waals surface area contributed by atoms with Gasteiger partial charge in [-0.1, -0.05) is 11.6 Å². The fourth-order valence-corrected chi connectivity index (χ4v) is 2.92. The Bertz CT molecular complexity index is 519. The molecule has 1 atom stereocenters. The third-order valence-electron chi connectivity index (χ3n) is 3.94. The zero-order valence-corrected chi connectivity index (χ0v) is 11.6. The number of rotatable bonds is 5. The zero-order chi connectivity index (χ0) is 13.8. The van der Waals surface area contributed by atoms with Gasteiger partial charge in [0.2, 0.25) is 5.76 Å². The molecule has 3 rings (SSSR count). The van der Waals surface area contributed by atoms with Crippen molar-refractivity contribution in [3.8, 4) is 11.5 Å². The van der Waals surface area contributed by atoms with Gasteiger partial charge in [-0.3, -0.25) is 4.90 Å². The molecule has 108 valence electrons. The van der Waals surface area contributed by atoms with Crippen molar-refractivity contribution < 1.29 is 8.94 Å². The summed E-state index contributed by atoms with van der Waals surface area (Å²) in [6, 6.07) is 6.27. The average Bonchev–Trinajstić information content (AvgIpc) is 3.12. The number of hydrogen-bond donors (Lipinski definition) is 1. The second-order valence-corrected chi connectivity index (χ2v) is 5.36. The first kappa shape index (κ1) is 13.4. The Morgan fingerprint density at radius 2 is 2.30 bits per heavy atom. The van der Waals surface area contributed by atoms with Gasteiger partial charge in [-0.15, -0.1) is 0 Å². The van der Waals surface area contributed by atoms with Crippen LogP contribution in [-0.4, -0.2) is 29.2 Å². The summed E-state index contributed by atoms with van der Waals surface area (Å²) >= 11 is 0. The van der Waals surface area contributed by atoms with E-state index in [0.717, 1.165) is 37.5 Å². The van der Waals surface area contributed by atoms with Crippen LogP contribution in [0, 0.1) is 0 Å². The van der Waals surface area contributed by atoms with Gasteiger partial charge in [0.05, 0.1) is 12.0 Å². The van der Waals surface area contributed by atoms with Gasteiger partial charge in [0.15, 0.2) is 5.76 Å². The molecule has 2 aromatic rings. The van der Waals surface area contributed by atoms with Crippen molar-refractivity contribution in [3.05, 3.63) is 30.2 Å². The maximum atomic E-state index is 5.71. The molecule has 20 heavy (non-hydrogen) atoms. The molecule has 1 aliphatic rings. The molecule has 1 saturated heterocycles. The van der Waals surface area contributed by atoms with E-state index in [1.807, 2.05) is 18.2 Å². The monoisotopic (exact) mass is 275 g/mol. The summed E-state index contributed by atoms with van der Waals surface area (Å²) in [4.78, 5) is 2.47. The van der Waals surface area contributed by atoms with Crippen molar-refractivity contribution in [2.24, 2.45) is 5.73 Å². The van der Waals surface area contributed by atoms with Crippen molar-refractivity contribution >= 4 is 0 Å². The van der Waals surface area contributed by atoms with E-state index in [0.29, 0.717) is 11.8 Å². The predicted octanol–water partition coefficient (Wildman–Crippen LogP) is 2.64. The third kappa shape index (κ3) is 2.94. The van der Waals surface area contributed by atoms with Crippen molar-refractivity contribution in [1.29, 1.82) is 0 Å². The third-order valence-corrected chi connectivity index (χ3v) is 3.94. The fourth-order valence-electron chi connectivity index (χ4n) is 2.92. The lowest BCUT2D eigenvalue weighted by Crippen LogP contribution is -2.40. The summed E-state index contributed by atoms with van der Waals surface area (Å²) in [5.41, 5.74) is 6.67. The van der Waals surface area contributed by atoms with Crippen LogP contribution in [0.5, 0.6) is 0 Å². The largest absolute Gasteiger partial charge is 0.461 e. The minimum atomic E-state index is 0.581. The molecule has 2 N–H and O–H groups in total. The van der Waals surface area contributed by atoms with Crippen molar-refractivity contribution in [1.82, 2.24) is 10.1 Å². The van der Waals surface area contributed by atoms with E-state index in [1.54, 1.807) is 6.26 Å². The van der Waals surface area contributed by atoms with Crippen LogP contribution in [0.3, 0.4) is 0 Å². The number of piperidine rings is 1. The molecule has 5 heteroatoms. The number of likely N-dealkylation sites (tertiary alicyclic amines) is 1. The van der Waals surface area contributed by atoms with E-state index in [1.165, 1.54) is 19.3 Å². The number of nitrogens with zero attached hydrogens (tertiary/aromatic N) is 2. The number of aromatic nitrogens is 1. The Balaban J connectivity index is 1.67. The summed E-state index contributed by atoms with van der Waals surface area (Å²) < 4.78 is 10.7. The summed E-state index contributed by atoms with van der Waals surface area (Å²) in [7, 11) is 0. The van der Waals surface area contributed by atoms with E-state index in [4.69, 9.17) is 14.7 Å². The Morgan fingerprint density at radius 1 is 1.35 bits per heavy atom. The zero-order valence-electron chi connectivity index (χ0n) is 11.6. The lowest BCUT2D eigenvalue weighted by molar-refractivity contribution is 0.131. The molecule has 0 bridgehead atoms.